The van der Waals surface area contributed by atoms with Gasteiger partial charge >= 0.3 is 6.03 Å². The lowest BCUT2D eigenvalue weighted by Crippen LogP contribution is -2.45. The van der Waals surface area contributed by atoms with E-state index in [-0.39, 0.29) is 23.9 Å². The highest BCUT2D eigenvalue weighted by atomic mass is 16.2. The highest BCUT2D eigenvalue weighted by Crippen LogP contribution is 2.34. The number of amides is 4. The zero-order chi connectivity index (χ0) is 14.4. The second kappa shape index (κ2) is 4.44. The SMILES string of the molecule is CC(=O)N1C(=O)N(C(C)=O)C2Cc3ccccc3CC21. The molecule has 1 aromatic carbocycles. The Morgan fingerprint density at radius 1 is 0.950 bits per heavy atom. The van der Waals surface area contributed by atoms with E-state index in [0.717, 1.165) is 11.1 Å². The Labute approximate surface area is 117 Å². The molecule has 0 aromatic heterocycles. The predicted octanol–water partition coefficient (Wildman–Crippen LogP) is 1.35. The Morgan fingerprint density at radius 2 is 1.35 bits per heavy atom. The molecule has 1 aromatic rings. The van der Waals surface area contributed by atoms with Gasteiger partial charge < -0.3 is 0 Å². The summed E-state index contributed by atoms with van der Waals surface area (Å²) in [5, 5.41) is 0. The van der Waals surface area contributed by atoms with E-state index >= 15 is 0 Å². The molecule has 1 saturated heterocycles. The summed E-state index contributed by atoms with van der Waals surface area (Å²) in [5.41, 5.74) is 2.30. The van der Waals surface area contributed by atoms with Crippen molar-refractivity contribution in [1.29, 1.82) is 0 Å². The van der Waals surface area contributed by atoms with Crippen LogP contribution < -0.4 is 0 Å². The second-order valence-electron chi connectivity index (χ2n) is 5.37. The van der Waals surface area contributed by atoms with Gasteiger partial charge in [0.25, 0.3) is 0 Å². The van der Waals surface area contributed by atoms with Gasteiger partial charge in [0.2, 0.25) is 11.8 Å². The first-order chi connectivity index (χ1) is 9.50. The molecule has 0 bridgehead atoms. The van der Waals surface area contributed by atoms with E-state index in [0.29, 0.717) is 12.8 Å². The van der Waals surface area contributed by atoms with Crippen molar-refractivity contribution in [2.45, 2.75) is 38.8 Å². The predicted molar refractivity (Wildman–Crippen MR) is 71.9 cm³/mol. The van der Waals surface area contributed by atoms with E-state index in [2.05, 4.69) is 0 Å². The molecular formula is C15H16N2O3. The number of fused-ring (bicyclic) bond motifs is 2. The van der Waals surface area contributed by atoms with Crippen LogP contribution in [0.15, 0.2) is 24.3 Å². The maximum Gasteiger partial charge on any atom is 0.334 e. The number of hydrogen-bond donors (Lipinski definition) is 0. The fraction of sp³-hybridized carbons (Fsp3) is 0.400. The molecule has 0 radical (unpaired) electrons. The van der Waals surface area contributed by atoms with Gasteiger partial charge in [-0.1, -0.05) is 24.3 Å². The molecule has 2 atom stereocenters. The number of nitrogens with zero attached hydrogens (tertiary/aromatic N) is 2. The minimum atomic E-state index is -0.479. The average molecular weight is 272 g/mol. The zero-order valence-electron chi connectivity index (χ0n) is 11.5. The van der Waals surface area contributed by atoms with Crippen LogP contribution in [-0.2, 0) is 22.4 Å². The van der Waals surface area contributed by atoms with Crippen LogP contribution in [0, 0.1) is 0 Å². The fourth-order valence-electron chi connectivity index (χ4n) is 3.34. The lowest BCUT2D eigenvalue weighted by molar-refractivity contribution is -0.127. The number of urea groups is 1. The van der Waals surface area contributed by atoms with Crippen LogP contribution >= 0.6 is 0 Å². The largest absolute Gasteiger partial charge is 0.334 e. The normalized spacial score (nSPS) is 24.4. The summed E-state index contributed by atoms with van der Waals surface area (Å²) in [7, 11) is 0. The quantitative estimate of drug-likeness (QED) is 0.716. The molecule has 2 unspecified atom stereocenters. The summed E-state index contributed by atoms with van der Waals surface area (Å²) in [4.78, 5) is 38.3. The van der Waals surface area contributed by atoms with Crippen molar-refractivity contribution < 1.29 is 14.4 Å². The molecule has 5 nitrogen and oxygen atoms in total. The van der Waals surface area contributed by atoms with E-state index in [4.69, 9.17) is 0 Å². The Morgan fingerprint density at radius 3 is 1.70 bits per heavy atom. The van der Waals surface area contributed by atoms with Crippen molar-refractivity contribution >= 4 is 17.8 Å². The number of imide groups is 2. The van der Waals surface area contributed by atoms with Gasteiger partial charge in [0.05, 0.1) is 12.1 Å². The van der Waals surface area contributed by atoms with Gasteiger partial charge in [0, 0.05) is 13.8 Å². The first kappa shape index (κ1) is 12.8. The average Bonchev–Trinajstić information content (AvgIpc) is 2.67. The van der Waals surface area contributed by atoms with Crippen LogP contribution in [0.5, 0.6) is 0 Å². The van der Waals surface area contributed by atoms with Crippen LogP contribution in [0.2, 0.25) is 0 Å². The molecule has 0 spiro atoms. The van der Waals surface area contributed by atoms with E-state index < -0.39 is 6.03 Å². The monoisotopic (exact) mass is 272 g/mol. The Balaban J connectivity index is 2.05. The van der Waals surface area contributed by atoms with Gasteiger partial charge in [-0.3, -0.25) is 19.4 Å². The first-order valence-electron chi connectivity index (χ1n) is 6.71. The third-order valence-electron chi connectivity index (χ3n) is 4.17. The first-order valence-corrected chi connectivity index (χ1v) is 6.71. The molecule has 1 aliphatic heterocycles. The van der Waals surface area contributed by atoms with Crippen LogP contribution in [-0.4, -0.2) is 39.7 Å². The van der Waals surface area contributed by atoms with E-state index in [1.807, 2.05) is 24.3 Å². The number of rotatable bonds is 0. The molecule has 1 aliphatic carbocycles. The number of hydrogen-bond acceptors (Lipinski definition) is 3. The maximum atomic E-state index is 12.3. The Kier molecular flexibility index (Phi) is 2.85. The lowest BCUT2D eigenvalue weighted by Gasteiger charge is -2.31. The summed E-state index contributed by atoms with van der Waals surface area (Å²) in [6, 6.07) is 6.99. The van der Waals surface area contributed by atoms with Crippen molar-refractivity contribution in [2.24, 2.45) is 0 Å². The van der Waals surface area contributed by atoms with Gasteiger partial charge in [-0.15, -0.1) is 0 Å². The smallest absolute Gasteiger partial charge is 0.275 e. The minimum Gasteiger partial charge on any atom is -0.275 e. The van der Waals surface area contributed by atoms with Crippen molar-refractivity contribution in [1.82, 2.24) is 9.80 Å². The van der Waals surface area contributed by atoms with Gasteiger partial charge in [0.1, 0.15) is 0 Å². The van der Waals surface area contributed by atoms with E-state index in [9.17, 15) is 14.4 Å². The van der Waals surface area contributed by atoms with Crippen LogP contribution in [0.3, 0.4) is 0 Å². The third-order valence-corrected chi connectivity index (χ3v) is 4.17. The highest BCUT2D eigenvalue weighted by Gasteiger charge is 2.50. The van der Waals surface area contributed by atoms with Crippen LogP contribution in [0.25, 0.3) is 0 Å². The zero-order valence-corrected chi connectivity index (χ0v) is 11.5. The molecule has 0 saturated carbocycles. The molecule has 5 heteroatoms. The summed E-state index contributed by atoms with van der Waals surface area (Å²) in [6.45, 7) is 2.75. The highest BCUT2D eigenvalue weighted by molar-refractivity contribution is 6.03. The topological polar surface area (TPSA) is 57.7 Å². The van der Waals surface area contributed by atoms with Gasteiger partial charge in [0.15, 0.2) is 0 Å². The third kappa shape index (κ3) is 1.73. The fourth-order valence-corrected chi connectivity index (χ4v) is 3.34. The molecule has 2 aliphatic rings. The lowest BCUT2D eigenvalue weighted by atomic mass is 9.84. The van der Waals surface area contributed by atoms with Crippen molar-refractivity contribution in [3.05, 3.63) is 35.4 Å². The molecule has 1 heterocycles. The second-order valence-corrected chi connectivity index (χ2v) is 5.37. The molecule has 104 valence electrons. The van der Waals surface area contributed by atoms with Crippen molar-refractivity contribution in [2.75, 3.05) is 0 Å². The van der Waals surface area contributed by atoms with Crippen LogP contribution in [0.4, 0.5) is 4.79 Å². The molecule has 1 fully saturated rings. The van der Waals surface area contributed by atoms with E-state index in [1.165, 1.54) is 23.6 Å². The van der Waals surface area contributed by atoms with Gasteiger partial charge in [-0.2, -0.15) is 0 Å². The van der Waals surface area contributed by atoms with Gasteiger partial charge in [-0.25, -0.2) is 4.79 Å². The Hall–Kier alpha value is -2.17. The molecule has 4 amide bonds. The standard InChI is InChI=1S/C15H16N2O3/c1-9(18)16-13-7-11-5-3-4-6-12(11)8-14(13)17(10(2)19)15(16)20/h3-6,13-14H,7-8H2,1-2H3. The summed E-state index contributed by atoms with van der Waals surface area (Å²) < 4.78 is 0. The number of benzene rings is 1. The van der Waals surface area contributed by atoms with Crippen LogP contribution in [0.1, 0.15) is 25.0 Å². The summed E-state index contributed by atoms with van der Waals surface area (Å²) in [5.74, 6) is -0.596. The molecule has 20 heavy (non-hydrogen) atoms. The molecule has 0 N–H and O–H groups in total. The van der Waals surface area contributed by atoms with Crippen molar-refractivity contribution in [3.8, 4) is 0 Å². The molecular weight excluding hydrogens is 256 g/mol. The minimum absolute atomic E-state index is 0.237. The van der Waals surface area contributed by atoms with Crippen molar-refractivity contribution in [3.63, 3.8) is 0 Å². The number of carbonyl (C=O) groups is 3. The van der Waals surface area contributed by atoms with E-state index in [1.54, 1.807) is 0 Å². The molecule has 3 rings (SSSR count). The number of carbonyl (C=O) groups excluding carboxylic acids is 3. The summed E-state index contributed by atoms with van der Waals surface area (Å²) in [6.07, 6.45) is 1.24. The van der Waals surface area contributed by atoms with Gasteiger partial charge in [-0.05, 0) is 24.0 Å². The Bertz CT molecular complexity index is 560. The maximum absolute atomic E-state index is 12.3. The summed E-state index contributed by atoms with van der Waals surface area (Å²) >= 11 is 0.